The smallest absolute Gasteiger partial charge is 0.412 e. The molecule has 24 heavy (non-hydrogen) atoms. The van der Waals surface area contributed by atoms with Gasteiger partial charge in [0.2, 0.25) is 0 Å². The number of alkyl carbamates (subject to hydrolysis) is 1. The zero-order chi connectivity index (χ0) is 17.0. The quantitative estimate of drug-likeness (QED) is 0.678. The monoisotopic (exact) mass is 331 g/mol. The number of hydrogen-bond donors (Lipinski definition) is 1. The van der Waals surface area contributed by atoms with Crippen LogP contribution >= 0.6 is 0 Å². The lowest BCUT2D eigenvalue weighted by Crippen LogP contribution is -2.33. The maximum atomic E-state index is 12.1. The summed E-state index contributed by atoms with van der Waals surface area (Å²) in [5, 5.41) is 2.56. The molecule has 128 valence electrons. The Morgan fingerprint density at radius 2 is 2.00 bits per heavy atom. The van der Waals surface area contributed by atoms with E-state index < -0.39 is 12.1 Å². The van der Waals surface area contributed by atoms with E-state index in [-0.39, 0.29) is 17.9 Å². The molecule has 1 aliphatic carbocycles. The van der Waals surface area contributed by atoms with Crippen LogP contribution in [0, 0.1) is 0 Å². The van der Waals surface area contributed by atoms with Crippen LogP contribution in [-0.2, 0) is 25.6 Å². The molecule has 1 aromatic rings. The van der Waals surface area contributed by atoms with Crippen molar-refractivity contribution in [3.05, 3.63) is 47.2 Å². The Balaban J connectivity index is 1.66. The summed E-state index contributed by atoms with van der Waals surface area (Å²) >= 11 is 0. The summed E-state index contributed by atoms with van der Waals surface area (Å²) < 4.78 is 15.7. The maximum absolute atomic E-state index is 12.1. The van der Waals surface area contributed by atoms with Crippen LogP contribution in [0.15, 0.2) is 41.6 Å². The van der Waals surface area contributed by atoms with Gasteiger partial charge in [-0.05, 0) is 30.4 Å². The molecule has 1 N–H and O–H groups in total. The van der Waals surface area contributed by atoms with E-state index in [0.29, 0.717) is 19.4 Å². The molecule has 2 fully saturated rings. The first kappa shape index (κ1) is 16.5. The summed E-state index contributed by atoms with van der Waals surface area (Å²) in [5.74, 6) is -0.556. The molecule has 6 nitrogen and oxygen atoms in total. The van der Waals surface area contributed by atoms with Gasteiger partial charge in [-0.3, -0.25) is 5.32 Å². The van der Waals surface area contributed by atoms with Crippen molar-refractivity contribution >= 4 is 12.1 Å². The third-order valence-electron chi connectivity index (χ3n) is 4.34. The van der Waals surface area contributed by atoms with Crippen LogP contribution in [0.4, 0.5) is 4.79 Å². The second-order valence-corrected chi connectivity index (χ2v) is 6.12. The number of amides is 1. The number of hydrogen-bond acceptors (Lipinski definition) is 5. The van der Waals surface area contributed by atoms with Crippen LogP contribution in [-0.4, -0.2) is 31.4 Å². The van der Waals surface area contributed by atoms with E-state index in [9.17, 15) is 9.59 Å². The van der Waals surface area contributed by atoms with Crippen LogP contribution < -0.4 is 5.32 Å². The predicted octanol–water partition coefficient (Wildman–Crippen LogP) is 2.68. The molecule has 1 spiro atoms. The van der Waals surface area contributed by atoms with Crippen LogP contribution in [0.5, 0.6) is 0 Å². The summed E-state index contributed by atoms with van der Waals surface area (Å²) in [6.45, 7) is 0.695. The van der Waals surface area contributed by atoms with E-state index in [2.05, 4.69) is 5.32 Å². The van der Waals surface area contributed by atoms with E-state index in [1.54, 1.807) is 0 Å². The molecule has 0 unspecified atom stereocenters. The highest BCUT2D eigenvalue weighted by Gasteiger charge is 2.47. The van der Waals surface area contributed by atoms with Crippen molar-refractivity contribution in [3.63, 3.8) is 0 Å². The Morgan fingerprint density at radius 3 is 2.67 bits per heavy atom. The van der Waals surface area contributed by atoms with Gasteiger partial charge >= 0.3 is 12.1 Å². The number of benzene rings is 1. The Morgan fingerprint density at radius 1 is 1.25 bits per heavy atom. The lowest BCUT2D eigenvalue weighted by atomic mass is 9.98. The van der Waals surface area contributed by atoms with Crippen molar-refractivity contribution in [3.8, 4) is 0 Å². The first-order valence-electron chi connectivity index (χ1n) is 8.04. The molecule has 0 radical (unpaired) electrons. The topological polar surface area (TPSA) is 73.9 Å². The number of carbonyl (C=O) groups excluding carboxylic acids is 2. The van der Waals surface area contributed by atoms with Crippen molar-refractivity contribution in [2.75, 3.05) is 13.7 Å². The average Bonchev–Trinajstić information content (AvgIpc) is 3.36. The second-order valence-electron chi connectivity index (χ2n) is 6.12. The van der Waals surface area contributed by atoms with Gasteiger partial charge in [0, 0.05) is 6.42 Å². The van der Waals surface area contributed by atoms with Gasteiger partial charge in [-0.15, -0.1) is 0 Å². The van der Waals surface area contributed by atoms with Gasteiger partial charge in [0.25, 0.3) is 0 Å². The molecule has 1 amide bonds. The minimum absolute atomic E-state index is 0.136. The first-order chi connectivity index (χ1) is 11.6. The van der Waals surface area contributed by atoms with E-state index in [1.165, 1.54) is 7.11 Å². The number of nitrogens with one attached hydrogen (secondary N) is 1. The van der Waals surface area contributed by atoms with Crippen molar-refractivity contribution in [2.45, 2.75) is 37.9 Å². The van der Waals surface area contributed by atoms with Crippen LogP contribution in [0.2, 0.25) is 0 Å². The van der Waals surface area contributed by atoms with Crippen LogP contribution in [0.3, 0.4) is 0 Å². The molecule has 0 bridgehead atoms. The zero-order valence-corrected chi connectivity index (χ0v) is 13.7. The molecular weight excluding hydrogens is 310 g/mol. The minimum Gasteiger partial charge on any atom is -0.464 e. The molecule has 3 rings (SSSR count). The fourth-order valence-corrected chi connectivity index (χ4v) is 2.84. The summed E-state index contributed by atoms with van der Waals surface area (Å²) in [5.41, 5.74) is 1.79. The van der Waals surface area contributed by atoms with Gasteiger partial charge in [-0.25, -0.2) is 9.59 Å². The molecule has 1 aliphatic heterocycles. The number of rotatable bonds is 4. The lowest BCUT2D eigenvalue weighted by molar-refractivity contribution is -0.136. The molecule has 0 atom stereocenters. The van der Waals surface area contributed by atoms with Crippen LogP contribution in [0.25, 0.3) is 0 Å². The summed E-state index contributed by atoms with van der Waals surface area (Å²) in [7, 11) is 1.30. The average molecular weight is 331 g/mol. The normalized spacial score (nSPS) is 20.2. The largest absolute Gasteiger partial charge is 0.464 e. The molecular formula is C18H21NO5. The standard InChI is InChI=1S/C18H21NO5/c1-22-16(20)15(14-7-10-24-18(11-14)8-9-18)19-17(21)23-12-13-5-3-2-4-6-13/h2-6H,7-12H2,1H3,(H,19,21)/b15-14+. The first-order valence-corrected chi connectivity index (χ1v) is 8.04. The Hall–Kier alpha value is -2.34. The molecule has 6 heteroatoms. The predicted molar refractivity (Wildman–Crippen MR) is 86.0 cm³/mol. The van der Waals surface area contributed by atoms with E-state index in [0.717, 1.165) is 24.0 Å². The minimum atomic E-state index is -0.664. The summed E-state index contributed by atoms with van der Waals surface area (Å²) in [4.78, 5) is 24.1. The molecule has 1 saturated carbocycles. The highest BCUT2D eigenvalue weighted by molar-refractivity contribution is 5.93. The second kappa shape index (κ2) is 7.05. The van der Waals surface area contributed by atoms with E-state index in [4.69, 9.17) is 14.2 Å². The van der Waals surface area contributed by atoms with Crippen molar-refractivity contribution in [2.24, 2.45) is 0 Å². The molecule has 1 saturated heterocycles. The zero-order valence-electron chi connectivity index (χ0n) is 13.7. The van der Waals surface area contributed by atoms with Crippen LogP contribution in [0.1, 0.15) is 31.2 Å². The highest BCUT2D eigenvalue weighted by atomic mass is 16.6. The Bertz CT molecular complexity index is 649. The van der Waals surface area contributed by atoms with Gasteiger partial charge in [0.05, 0.1) is 19.3 Å². The number of carbonyl (C=O) groups is 2. The Kier molecular flexibility index (Phi) is 4.85. The molecule has 1 heterocycles. The van der Waals surface area contributed by atoms with Gasteiger partial charge in [0.1, 0.15) is 12.3 Å². The van der Waals surface area contributed by atoms with E-state index in [1.807, 2.05) is 30.3 Å². The fraction of sp³-hybridized carbons (Fsp3) is 0.444. The fourth-order valence-electron chi connectivity index (χ4n) is 2.84. The number of methoxy groups -OCH3 is 1. The SMILES string of the molecule is COC(=O)/C(NC(=O)OCc1ccccc1)=C1/CCOC2(CC2)C1. The van der Waals surface area contributed by atoms with Gasteiger partial charge < -0.3 is 14.2 Å². The molecule has 1 aromatic carbocycles. The maximum Gasteiger partial charge on any atom is 0.412 e. The Labute approximate surface area is 140 Å². The van der Waals surface area contributed by atoms with Gasteiger partial charge in [-0.1, -0.05) is 30.3 Å². The summed E-state index contributed by atoms with van der Waals surface area (Å²) in [6.07, 6.45) is 2.57. The lowest BCUT2D eigenvalue weighted by Gasteiger charge is -2.26. The van der Waals surface area contributed by atoms with E-state index >= 15 is 0 Å². The van der Waals surface area contributed by atoms with Gasteiger partial charge in [-0.2, -0.15) is 0 Å². The number of ether oxygens (including phenoxy) is 3. The van der Waals surface area contributed by atoms with Gasteiger partial charge in [0.15, 0.2) is 0 Å². The highest BCUT2D eigenvalue weighted by Crippen LogP contribution is 2.48. The molecule has 0 aromatic heterocycles. The van der Waals surface area contributed by atoms with Crippen molar-refractivity contribution in [1.82, 2.24) is 5.32 Å². The van der Waals surface area contributed by atoms with Crippen molar-refractivity contribution in [1.29, 1.82) is 0 Å². The third kappa shape index (κ3) is 3.94. The number of esters is 1. The molecule has 2 aliphatic rings. The summed E-state index contributed by atoms with van der Waals surface area (Å²) in [6, 6.07) is 9.36. The third-order valence-corrected chi connectivity index (χ3v) is 4.34. The van der Waals surface area contributed by atoms with Crippen molar-refractivity contribution < 1.29 is 23.8 Å².